The molecule has 0 fully saturated rings. The van der Waals surface area contributed by atoms with E-state index in [9.17, 15) is 4.79 Å². The molecular weight excluding hydrogens is 460 g/mol. The quantitative estimate of drug-likeness (QED) is 0.545. The molecule has 0 unspecified atom stereocenters. The third-order valence-electron chi connectivity index (χ3n) is 2.33. The Morgan fingerprint density at radius 1 is 1.21 bits per heavy atom. The van der Waals surface area contributed by atoms with Crippen LogP contribution in [0.4, 0.5) is 0 Å². The normalized spacial score (nSPS) is 10.5. The van der Waals surface area contributed by atoms with Crippen LogP contribution in [0.3, 0.4) is 0 Å². The highest BCUT2D eigenvalue weighted by molar-refractivity contribution is 9.11. The largest absolute Gasteiger partial charge is 0.483 e. The second kappa shape index (κ2) is 6.52. The third kappa shape index (κ3) is 3.90. The van der Waals surface area contributed by atoms with Gasteiger partial charge in [0.1, 0.15) is 5.75 Å². The number of aryl methyl sites for hydroxylation is 1. The summed E-state index contributed by atoms with van der Waals surface area (Å²) in [4.78, 5) is 13.8. The second-order valence-electron chi connectivity index (χ2n) is 3.82. The van der Waals surface area contributed by atoms with Crippen molar-refractivity contribution in [2.75, 3.05) is 6.61 Å². The summed E-state index contributed by atoms with van der Waals surface area (Å²) in [5.74, 6) is 0.615. The van der Waals surface area contributed by atoms with Crippen molar-refractivity contribution < 1.29 is 9.53 Å². The summed E-state index contributed by atoms with van der Waals surface area (Å²) < 4.78 is 8.11. The highest BCUT2D eigenvalue weighted by atomic mass is 79.9. The van der Waals surface area contributed by atoms with E-state index in [-0.39, 0.29) is 12.4 Å². The van der Waals surface area contributed by atoms with E-state index >= 15 is 0 Å². The molecule has 100 valence electrons. The van der Waals surface area contributed by atoms with E-state index in [2.05, 4.69) is 47.8 Å². The van der Waals surface area contributed by atoms with Crippen molar-refractivity contribution in [3.8, 4) is 5.75 Å². The maximum atomic E-state index is 12.0. The van der Waals surface area contributed by atoms with Crippen LogP contribution >= 0.6 is 59.1 Å². The summed E-state index contributed by atoms with van der Waals surface area (Å²) in [6.07, 6.45) is 0. The summed E-state index contributed by atoms with van der Waals surface area (Å²) in [5.41, 5.74) is 0. The Bertz CT molecular complexity index is 599. The Labute approximate surface area is 140 Å². The summed E-state index contributed by atoms with van der Waals surface area (Å²) in [7, 11) is 0. The van der Waals surface area contributed by atoms with Crippen LogP contribution in [0.15, 0.2) is 37.7 Å². The fourth-order valence-corrected chi connectivity index (χ4v) is 4.74. The van der Waals surface area contributed by atoms with Crippen molar-refractivity contribution in [2.45, 2.75) is 6.92 Å². The minimum Gasteiger partial charge on any atom is -0.483 e. The molecule has 0 aliphatic heterocycles. The van der Waals surface area contributed by atoms with Gasteiger partial charge < -0.3 is 4.74 Å². The molecule has 19 heavy (non-hydrogen) atoms. The monoisotopic (exact) mass is 466 g/mol. The topological polar surface area (TPSA) is 26.3 Å². The number of carbonyl (C=O) groups is 1. The number of carbonyl (C=O) groups excluding carboxylic acids is 1. The van der Waals surface area contributed by atoms with E-state index in [0.29, 0.717) is 5.75 Å². The zero-order valence-corrected chi connectivity index (χ0v) is 15.4. The highest BCUT2D eigenvalue weighted by Gasteiger charge is 2.13. The molecule has 0 aliphatic carbocycles. The van der Waals surface area contributed by atoms with Gasteiger partial charge in [0.25, 0.3) is 0 Å². The Morgan fingerprint density at radius 2 is 1.84 bits per heavy atom. The van der Waals surface area contributed by atoms with Gasteiger partial charge in [0.2, 0.25) is 5.78 Å². The molecule has 2 aromatic rings. The Balaban J connectivity index is 2.09. The van der Waals surface area contributed by atoms with Gasteiger partial charge in [-0.05, 0) is 63.0 Å². The minimum absolute atomic E-state index is 0.0141. The number of halogens is 3. The number of ketones is 1. The zero-order valence-electron chi connectivity index (χ0n) is 9.88. The van der Waals surface area contributed by atoms with E-state index in [1.54, 1.807) is 0 Å². The number of rotatable bonds is 4. The maximum absolute atomic E-state index is 12.0. The molecule has 0 spiro atoms. The average molecular weight is 469 g/mol. The van der Waals surface area contributed by atoms with Crippen LogP contribution in [0, 0.1) is 6.92 Å². The Morgan fingerprint density at radius 3 is 2.37 bits per heavy atom. The van der Waals surface area contributed by atoms with Crippen LogP contribution in [-0.4, -0.2) is 12.4 Å². The molecule has 0 amide bonds. The van der Waals surface area contributed by atoms with Crippen molar-refractivity contribution in [3.63, 3.8) is 0 Å². The summed E-state index contributed by atoms with van der Waals surface area (Å²) >= 11 is 11.7. The lowest BCUT2D eigenvalue weighted by Crippen LogP contribution is -2.10. The molecule has 0 N–H and O–H groups in total. The molecule has 0 aliphatic rings. The van der Waals surface area contributed by atoms with Gasteiger partial charge in [-0.15, -0.1) is 11.3 Å². The molecule has 6 heteroatoms. The number of thiophene rings is 1. The predicted octanol–water partition coefficient (Wildman–Crippen LogP) is 5.61. The van der Waals surface area contributed by atoms with E-state index in [1.165, 1.54) is 11.3 Å². The van der Waals surface area contributed by atoms with Gasteiger partial charge >= 0.3 is 0 Å². The van der Waals surface area contributed by atoms with Crippen molar-refractivity contribution >= 4 is 64.9 Å². The van der Waals surface area contributed by atoms with Crippen LogP contribution in [0.1, 0.15) is 14.5 Å². The summed E-state index contributed by atoms with van der Waals surface area (Å²) in [5, 5.41) is 0. The first-order valence-electron chi connectivity index (χ1n) is 5.34. The smallest absolute Gasteiger partial charge is 0.210 e. The fourth-order valence-electron chi connectivity index (χ4n) is 1.46. The number of Topliss-reactive ketones (excluding diaryl/α,β-unsaturated/α-hetero) is 1. The Hall–Kier alpha value is -0.170. The maximum Gasteiger partial charge on any atom is 0.210 e. The molecular formula is C13H9Br3O2S. The predicted molar refractivity (Wildman–Crippen MR) is 88.4 cm³/mol. The van der Waals surface area contributed by atoms with Gasteiger partial charge in [-0.2, -0.15) is 0 Å². The van der Waals surface area contributed by atoms with E-state index in [4.69, 9.17) is 4.74 Å². The molecule has 0 atom stereocenters. The van der Waals surface area contributed by atoms with E-state index in [0.717, 1.165) is 23.2 Å². The van der Waals surface area contributed by atoms with Gasteiger partial charge in [-0.25, -0.2) is 0 Å². The highest BCUT2D eigenvalue weighted by Crippen LogP contribution is 2.36. The lowest BCUT2D eigenvalue weighted by molar-refractivity contribution is 0.0924. The molecule has 2 nitrogen and oxygen atoms in total. The van der Waals surface area contributed by atoms with Gasteiger partial charge in [-0.3, -0.25) is 4.79 Å². The molecule has 1 aromatic heterocycles. The SMILES string of the molecule is Cc1ccc(C(=O)COc2c(Br)cc(Br)cc2Br)s1. The van der Waals surface area contributed by atoms with Gasteiger partial charge in [-0.1, -0.05) is 15.9 Å². The Kier molecular flexibility index (Phi) is 5.22. The lowest BCUT2D eigenvalue weighted by atomic mass is 10.3. The molecule has 1 heterocycles. The van der Waals surface area contributed by atoms with Crippen LogP contribution in [0.5, 0.6) is 5.75 Å². The van der Waals surface area contributed by atoms with Crippen LogP contribution in [0.25, 0.3) is 0 Å². The van der Waals surface area contributed by atoms with Crippen LogP contribution < -0.4 is 4.74 Å². The molecule has 0 radical (unpaired) electrons. The van der Waals surface area contributed by atoms with Crippen molar-refractivity contribution in [1.29, 1.82) is 0 Å². The zero-order chi connectivity index (χ0) is 14.0. The third-order valence-corrected chi connectivity index (χ3v) is 5.00. The van der Waals surface area contributed by atoms with Gasteiger partial charge in [0.05, 0.1) is 13.8 Å². The fraction of sp³-hybridized carbons (Fsp3) is 0.154. The molecule has 0 saturated carbocycles. The van der Waals surface area contributed by atoms with Gasteiger partial charge in [0, 0.05) is 9.35 Å². The lowest BCUT2D eigenvalue weighted by Gasteiger charge is -2.09. The minimum atomic E-state index is -0.0141. The first-order valence-corrected chi connectivity index (χ1v) is 8.54. The summed E-state index contributed by atoms with van der Waals surface area (Å²) in [6, 6.07) is 7.51. The second-order valence-corrected chi connectivity index (χ2v) is 7.73. The standard InChI is InChI=1S/C13H9Br3O2S/c1-7-2-3-12(19-7)11(17)6-18-13-9(15)4-8(14)5-10(13)16/h2-5H,6H2,1H3. The number of hydrogen-bond donors (Lipinski definition) is 0. The number of ether oxygens (including phenoxy) is 1. The van der Waals surface area contributed by atoms with E-state index in [1.807, 2.05) is 31.2 Å². The van der Waals surface area contributed by atoms with Crippen molar-refractivity contribution in [1.82, 2.24) is 0 Å². The van der Waals surface area contributed by atoms with E-state index < -0.39 is 0 Å². The van der Waals surface area contributed by atoms with Crippen molar-refractivity contribution in [3.05, 3.63) is 47.4 Å². The molecule has 0 bridgehead atoms. The first kappa shape index (κ1) is 15.2. The van der Waals surface area contributed by atoms with Crippen molar-refractivity contribution in [2.24, 2.45) is 0 Å². The number of benzene rings is 1. The van der Waals surface area contributed by atoms with Crippen LogP contribution in [0.2, 0.25) is 0 Å². The average Bonchev–Trinajstić information content (AvgIpc) is 2.74. The molecule has 1 aromatic carbocycles. The van der Waals surface area contributed by atoms with Crippen LogP contribution in [-0.2, 0) is 0 Å². The summed E-state index contributed by atoms with van der Waals surface area (Å²) in [6.45, 7) is 2.00. The molecule has 0 saturated heterocycles. The first-order chi connectivity index (χ1) is 8.97. The number of hydrogen-bond acceptors (Lipinski definition) is 3. The van der Waals surface area contributed by atoms with Gasteiger partial charge in [0.15, 0.2) is 6.61 Å². The molecule has 2 rings (SSSR count).